The fourth-order valence-electron chi connectivity index (χ4n) is 2.37. The van der Waals surface area contributed by atoms with Crippen LogP contribution >= 0.6 is 0 Å². The van der Waals surface area contributed by atoms with Gasteiger partial charge in [0.25, 0.3) is 0 Å². The largest absolute Gasteiger partial charge is 0.384 e. The zero-order valence-corrected chi connectivity index (χ0v) is 12.3. The van der Waals surface area contributed by atoms with Crippen LogP contribution in [0.5, 0.6) is 0 Å². The van der Waals surface area contributed by atoms with Crippen LogP contribution in [0.15, 0.2) is 42.5 Å². The first kappa shape index (κ1) is 14.1. The summed E-state index contributed by atoms with van der Waals surface area (Å²) in [6.07, 6.45) is 0. The van der Waals surface area contributed by atoms with Gasteiger partial charge in [-0.3, -0.25) is 5.41 Å². The number of amidine groups is 1. The van der Waals surface area contributed by atoms with Crippen LogP contribution in [-0.2, 0) is 6.54 Å². The molecule has 0 aliphatic carbocycles. The van der Waals surface area contributed by atoms with Gasteiger partial charge < -0.3 is 10.6 Å². The third-order valence-corrected chi connectivity index (χ3v) is 3.30. The lowest BCUT2D eigenvalue weighted by Crippen LogP contribution is -2.17. The van der Waals surface area contributed by atoms with Crippen molar-refractivity contribution in [2.75, 3.05) is 11.9 Å². The molecule has 0 heterocycles. The molecule has 0 bridgehead atoms. The standard InChI is InChI=1S/C17H21N3/c1-12-7-13(2)9-16(8-12)20(3)11-14-5-4-6-15(10-14)17(18)19/h4-10H,11H2,1-3H3,(H3,18,19). The van der Waals surface area contributed by atoms with Gasteiger partial charge in [0.15, 0.2) is 0 Å². The van der Waals surface area contributed by atoms with Crippen molar-refractivity contribution in [1.82, 2.24) is 0 Å². The molecule has 0 spiro atoms. The van der Waals surface area contributed by atoms with E-state index in [1.165, 1.54) is 16.8 Å². The summed E-state index contributed by atoms with van der Waals surface area (Å²) in [5, 5.41) is 7.50. The highest BCUT2D eigenvalue weighted by Crippen LogP contribution is 2.19. The Morgan fingerprint density at radius 3 is 2.35 bits per heavy atom. The number of nitrogens with two attached hydrogens (primary N) is 1. The van der Waals surface area contributed by atoms with Crippen LogP contribution in [0, 0.1) is 19.3 Å². The predicted octanol–water partition coefficient (Wildman–Crippen LogP) is 3.22. The number of nitrogens with one attached hydrogen (secondary N) is 1. The average molecular weight is 267 g/mol. The Hall–Kier alpha value is -2.29. The molecule has 2 aromatic carbocycles. The second-order valence-corrected chi connectivity index (χ2v) is 5.32. The van der Waals surface area contributed by atoms with E-state index >= 15 is 0 Å². The highest BCUT2D eigenvalue weighted by atomic mass is 15.1. The van der Waals surface area contributed by atoms with Crippen LogP contribution in [0.2, 0.25) is 0 Å². The summed E-state index contributed by atoms with van der Waals surface area (Å²) >= 11 is 0. The van der Waals surface area contributed by atoms with Gasteiger partial charge in [0, 0.05) is 24.8 Å². The van der Waals surface area contributed by atoms with E-state index in [1.54, 1.807) is 0 Å². The van der Waals surface area contributed by atoms with Gasteiger partial charge in [0.1, 0.15) is 5.84 Å². The fraction of sp³-hybridized carbons (Fsp3) is 0.235. The summed E-state index contributed by atoms with van der Waals surface area (Å²) in [5.74, 6) is 0.112. The fourth-order valence-corrected chi connectivity index (χ4v) is 2.37. The maximum atomic E-state index is 7.50. The summed E-state index contributed by atoms with van der Waals surface area (Å²) in [6, 6.07) is 14.4. The molecule has 0 aliphatic heterocycles. The Bertz CT molecular complexity index is 612. The van der Waals surface area contributed by atoms with Crippen LogP contribution < -0.4 is 10.6 Å². The molecule has 0 fully saturated rings. The summed E-state index contributed by atoms with van der Waals surface area (Å²) in [6.45, 7) is 5.02. The molecule has 3 heteroatoms. The zero-order valence-electron chi connectivity index (χ0n) is 12.3. The Labute approximate surface area is 120 Å². The molecule has 2 rings (SSSR count). The first-order valence-electron chi connectivity index (χ1n) is 6.68. The Balaban J connectivity index is 2.20. The second kappa shape index (κ2) is 5.78. The Morgan fingerprint density at radius 2 is 1.75 bits per heavy atom. The highest BCUT2D eigenvalue weighted by molar-refractivity contribution is 5.95. The number of hydrogen-bond acceptors (Lipinski definition) is 2. The number of hydrogen-bond donors (Lipinski definition) is 2. The molecule has 0 amide bonds. The van der Waals surface area contributed by atoms with Crippen molar-refractivity contribution in [3.05, 3.63) is 64.7 Å². The van der Waals surface area contributed by atoms with Crippen molar-refractivity contribution in [3.8, 4) is 0 Å². The summed E-state index contributed by atoms with van der Waals surface area (Å²) < 4.78 is 0. The molecule has 0 aliphatic rings. The molecular weight excluding hydrogens is 246 g/mol. The van der Waals surface area contributed by atoms with Gasteiger partial charge in [-0.1, -0.05) is 24.3 Å². The van der Waals surface area contributed by atoms with Gasteiger partial charge in [-0.15, -0.1) is 0 Å². The van der Waals surface area contributed by atoms with Crippen molar-refractivity contribution in [2.45, 2.75) is 20.4 Å². The van der Waals surface area contributed by atoms with Crippen molar-refractivity contribution in [1.29, 1.82) is 5.41 Å². The van der Waals surface area contributed by atoms with Crippen molar-refractivity contribution in [3.63, 3.8) is 0 Å². The molecule has 0 unspecified atom stereocenters. The maximum absolute atomic E-state index is 7.50. The van der Waals surface area contributed by atoms with E-state index in [4.69, 9.17) is 11.1 Å². The molecule has 0 radical (unpaired) electrons. The summed E-state index contributed by atoms with van der Waals surface area (Å²) in [4.78, 5) is 2.21. The predicted molar refractivity (Wildman–Crippen MR) is 85.5 cm³/mol. The Kier molecular flexibility index (Phi) is 4.08. The molecule has 0 saturated heterocycles. The number of aryl methyl sites for hydroxylation is 2. The lowest BCUT2D eigenvalue weighted by molar-refractivity contribution is 0.920. The maximum Gasteiger partial charge on any atom is 0.122 e. The molecule has 3 N–H and O–H groups in total. The smallest absolute Gasteiger partial charge is 0.122 e. The molecule has 0 aromatic heterocycles. The van der Waals surface area contributed by atoms with E-state index in [2.05, 4.69) is 50.1 Å². The number of benzene rings is 2. The van der Waals surface area contributed by atoms with Crippen LogP contribution in [-0.4, -0.2) is 12.9 Å². The number of nitrogens with zero attached hydrogens (tertiary/aromatic N) is 1. The molecule has 0 saturated carbocycles. The number of anilines is 1. The minimum absolute atomic E-state index is 0.112. The third kappa shape index (κ3) is 3.38. The second-order valence-electron chi connectivity index (χ2n) is 5.32. The number of nitrogen functional groups attached to an aromatic ring is 1. The molecule has 3 nitrogen and oxygen atoms in total. The van der Waals surface area contributed by atoms with Gasteiger partial charge >= 0.3 is 0 Å². The van der Waals surface area contributed by atoms with E-state index in [-0.39, 0.29) is 5.84 Å². The molecule has 0 atom stereocenters. The van der Waals surface area contributed by atoms with Crippen LogP contribution in [0.4, 0.5) is 5.69 Å². The molecule has 104 valence electrons. The zero-order chi connectivity index (χ0) is 14.7. The van der Waals surface area contributed by atoms with Gasteiger partial charge in [-0.05, 0) is 48.7 Å². The van der Waals surface area contributed by atoms with E-state index in [0.717, 1.165) is 17.7 Å². The summed E-state index contributed by atoms with van der Waals surface area (Å²) in [5.41, 5.74) is 11.2. The van der Waals surface area contributed by atoms with Gasteiger partial charge in [-0.25, -0.2) is 0 Å². The SMILES string of the molecule is Cc1cc(C)cc(N(C)Cc2cccc(C(=N)N)c2)c1. The highest BCUT2D eigenvalue weighted by Gasteiger charge is 2.05. The monoisotopic (exact) mass is 267 g/mol. The van der Waals surface area contributed by atoms with Crippen LogP contribution in [0.1, 0.15) is 22.3 Å². The van der Waals surface area contributed by atoms with E-state index in [9.17, 15) is 0 Å². The summed E-state index contributed by atoms with van der Waals surface area (Å²) in [7, 11) is 2.08. The van der Waals surface area contributed by atoms with Gasteiger partial charge in [-0.2, -0.15) is 0 Å². The van der Waals surface area contributed by atoms with Gasteiger partial charge in [0.2, 0.25) is 0 Å². The minimum atomic E-state index is 0.112. The Morgan fingerprint density at radius 1 is 1.10 bits per heavy atom. The first-order valence-corrected chi connectivity index (χ1v) is 6.68. The van der Waals surface area contributed by atoms with Crippen molar-refractivity contribution >= 4 is 11.5 Å². The van der Waals surface area contributed by atoms with E-state index < -0.39 is 0 Å². The lowest BCUT2D eigenvalue weighted by atomic mass is 10.1. The average Bonchev–Trinajstić information content (AvgIpc) is 2.37. The molecule has 2 aromatic rings. The quantitative estimate of drug-likeness (QED) is 0.660. The van der Waals surface area contributed by atoms with Crippen molar-refractivity contribution < 1.29 is 0 Å². The molecule has 20 heavy (non-hydrogen) atoms. The topological polar surface area (TPSA) is 53.1 Å². The van der Waals surface area contributed by atoms with Crippen LogP contribution in [0.3, 0.4) is 0 Å². The number of rotatable bonds is 4. The third-order valence-electron chi connectivity index (χ3n) is 3.30. The molecular formula is C17H21N3. The van der Waals surface area contributed by atoms with Crippen molar-refractivity contribution in [2.24, 2.45) is 5.73 Å². The van der Waals surface area contributed by atoms with E-state index in [0.29, 0.717) is 0 Å². The van der Waals surface area contributed by atoms with Crippen LogP contribution in [0.25, 0.3) is 0 Å². The lowest BCUT2D eigenvalue weighted by Gasteiger charge is -2.21. The van der Waals surface area contributed by atoms with Gasteiger partial charge in [0.05, 0.1) is 0 Å². The normalized spacial score (nSPS) is 10.3. The minimum Gasteiger partial charge on any atom is -0.384 e. The first-order chi connectivity index (χ1) is 9.45. The van der Waals surface area contributed by atoms with E-state index in [1.807, 2.05) is 18.2 Å².